The van der Waals surface area contributed by atoms with Gasteiger partial charge in [0.15, 0.2) is 0 Å². The largest absolute Gasteiger partial charge is 0.432 e. The van der Waals surface area contributed by atoms with Crippen molar-refractivity contribution in [2.45, 2.75) is 18.5 Å². The van der Waals surface area contributed by atoms with Crippen LogP contribution in [0.25, 0.3) is 22.8 Å². The Bertz CT molecular complexity index is 1700. The van der Waals surface area contributed by atoms with E-state index in [-0.39, 0.29) is 11.4 Å². The Morgan fingerprint density at radius 3 is 1.48 bits per heavy atom. The van der Waals surface area contributed by atoms with E-state index in [2.05, 4.69) is 20.2 Å². The number of hydrogen-bond donors (Lipinski definition) is 2. The van der Waals surface area contributed by atoms with Gasteiger partial charge in [0.1, 0.15) is 34.4 Å². The minimum Gasteiger partial charge on any atom is -0.273 e. The summed E-state index contributed by atoms with van der Waals surface area (Å²) >= 11 is 0. The van der Waals surface area contributed by atoms with Gasteiger partial charge in [-0.2, -0.15) is 36.5 Å². The lowest BCUT2D eigenvalue weighted by Crippen LogP contribution is -2.04. The molecule has 0 radical (unpaired) electrons. The first-order valence-electron chi connectivity index (χ1n) is 13.2. The molecule has 0 aliphatic rings. The van der Waals surface area contributed by atoms with Crippen molar-refractivity contribution in [2.75, 3.05) is 0 Å². The highest BCUT2D eigenvalue weighted by Crippen LogP contribution is 2.30. The summed E-state index contributed by atoms with van der Waals surface area (Å²) in [6.45, 7) is 0. The molecule has 4 aromatic heterocycles. The van der Waals surface area contributed by atoms with Gasteiger partial charge in [0, 0.05) is 18.5 Å². The Morgan fingerprint density at radius 2 is 1.07 bits per heavy atom. The first-order valence-corrected chi connectivity index (χ1v) is 14.4. The first-order chi connectivity index (χ1) is 21.9. The second-order valence-corrected chi connectivity index (χ2v) is 10.5. The van der Waals surface area contributed by atoms with Gasteiger partial charge in [-0.1, -0.05) is 57.1 Å². The van der Waals surface area contributed by atoms with Crippen molar-refractivity contribution in [2.24, 2.45) is 0 Å². The summed E-state index contributed by atoms with van der Waals surface area (Å²) in [5.74, 6) is -0.979. The van der Waals surface area contributed by atoms with Gasteiger partial charge in [-0.05, 0) is 59.5 Å². The van der Waals surface area contributed by atoms with Crippen molar-refractivity contribution in [3.63, 3.8) is 0 Å². The van der Waals surface area contributed by atoms with Crippen LogP contribution >= 0.6 is 8.58 Å². The average molecular weight is 663 g/mol. The molecule has 0 saturated carbocycles. The summed E-state index contributed by atoms with van der Waals surface area (Å²) in [6, 6.07) is 25.4. The zero-order chi connectivity index (χ0) is 33.2. The second kappa shape index (κ2) is 15.3. The topological polar surface area (TPSA) is 83.1 Å². The molecule has 0 bridgehead atoms. The Hall–Kier alpha value is -4.97. The number of rotatable bonds is 5. The van der Waals surface area contributed by atoms with Gasteiger partial charge in [-0.3, -0.25) is 20.2 Å². The van der Waals surface area contributed by atoms with Crippen LogP contribution in [0.15, 0.2) is 109 Å². The number of hydrogen-bond acceptors (Lipinski definition) is 4. The lowest BCUT2D eigenvalue weighted by molar-refractivity contribution is -0.142. The van der Waals surface area contributed by atoms with Crippen LogP contribution < -0.4 is 5.30 Å². The van der Waals surface area contributed by atoms with E-state index < -0.39 is 35.4 Å². The zero-order valence-electron chi connectivity index (χ0n) is 23.4. The van der Waals surface area contributed by atoms with Crippen molar-refractivity contribution >= 4 is 13.9 Å². The Balaban J connectivity index is 0.000000157. The molecule has 6 aromatic rings. The monoisotopic (exact) mass is 662 g/mol. The molecule has 6 nitrogen and oxygen atoms in total. The molecule has 0 amide bonds. The van der Waals surface area contributed by atoms with Crippen LogP contribution in [-0.2, 0) is 18.5 Å². The van der Waals surface area contributed by atoms with E-state index in [4.69, 9.17) is 0 Å². The predicted octanol–water partition coefficient (Wildman–Crippen LogP) is 8.45. The van der Waals surface area contributed by atoms with E-state index in [0.29, 0.717) is 31.7 Å². The third-order valence-electron chi connectivity index (χ3n) is 5.89. The smallest absolute Gasteiger partial charge is 0.273 e. The van der Waals surface area contributed by atoms with E-state index in [0.717, 1.165) is 18.2 Å². The molecule has 238 valence electrons. The highest BCUT2D eigenvalue weighted by atomic mass is 31.1. The van der Waals surface area contributed by atoms with Crippen molar-refractivity contribution in [3.8, 4) is 22.8 Å². The molecule has 4 heterocycles. The number of nitrogens with zero attached hydrogens (tertiary/aromatic N) is 4. The van der Waals surface area contributed by atoms with Crippen LogP contribution in [0.5, 0.6) is 0 Å². The fraction of sp³-hybridized carbons (Fsp3) is 0.0968. The number of aromatic nitrogens is 6. The van der Waals surface area contributed by atoms with Crippen LogP contribution in [0.4, 0.5) is 35.1 Å². The zero-order valence-corrected chi connectivity index (χ0v) is 24.4. The van der Waals surface area contributed by atoms with Gasteiger partial charge in [0.25, 0.3) is 0 Å². The molecule has 15 heteroatoms. The molecule has 6 rings (SSSR count). The third-order valence-corrected chi connectivity index (χ3v) is 7.19. The summed E-state index contributed by atoms with van der Waals surface area (Å²) < 4.78 is 99.3. The Kier molecular flexibility index (Phi) is 11.3. The SMILES string of the molecule is FC(F)(F)c1cc(-c2ccccn2)n[nH]1.FC(F)(F)c1cc(-c2ccccn2)n[nH]1.Fc1ccc(CPc2ccccc2)c(F)c1. The molecule has 1 unspecified atom stereocenters. The maximum Gasteiger partial charge on any atom is 0.432 e. The molecule has 0 spiro atoms. The van der Waals surface area contributed by atoms with E-state index >= 15 is 0 Å². The average Bonchev–Trinajstić information content (AvgIpc) is 3.74. The number of H-pyrrole nitrogens is 2. The first kappa shape index (κ1) is 33.9. The van der Waals surface area contributed by atoms with Crippen LogP contribution in [0.1, 0.15) is 17.0 Å². The quantitative estimate of drug-likeness (QED) is 0.143. The number of alkyl halides is 6. The van der Waals surface area contributed by atoms with Crippen LogP contribution in [-0.4, -0.2) is 30.4 Å². The second-order valence-electron chi connectivity index (χ2n) is 9.21. The third kappa shape index (κ3) is 10.0. The summed E-state index contributed by atoms with van der Waals surface area (Å²) in [6.07, 6.45) is -5.19. The lowest BCUT2D eigenvalue weighted by atomic mass is 10.2. The summed E-state index contributed by atoms with van der Waals surface area (Å²) in [5.41, 5.74) is 0.00856. The van der Waals surface area contributed by atoms with Crippen LogP contribution in [0.2, 0.25) is 0 Å². The molecule has 0 saturated heterocycles. The molecule has 0 fully saturated rings. The number of aromatic amines is 2. The molecule has 2 N–H and O–H groups in total. The minimum atomic E-state index is -4.40. The van der Waals surface area contributed by atoms with Crippen molar-refractivity contribution < 1.29 is 35.1 Å². The maximum absolute atomic E-state index is 13.3. The molecular formula is C31H23F8N6P. The lowest BCUT2D eigenvalue weighted by Gasteiger charge is -2.03. The molecule has 0 aliphatic heterocycles. The van der Waals surface area contributed by atoms with Gasteiger partial charge in [-0.15, -0.1) is 0 Å². The highest BCUT2D eigenvalue weighted by molar-refractivity contribution is 7.46. The van der Waals surface area contributed by atoms with Gasteiger partial charge in [0.2, 0.25) is 0 Å². The Morgan fingerprint density at radius 1 is 0.565 bits per heavy atom. The van der Waals surface area contributed by atoms with E-state index in [1.165, 1.54) is 29.8 Å². The summed E-state index contributed by atoms with van der Waals surface area (Å²) in [7, 11) is 0.513. The van der Waals surface area contributed by atoms with Gasteiger partial charge < -0.3 is 0 Å². The van der Waals surface area contributed by atoms with E-state index in [9.17, 15) is 35.1 Å². The minimum absolute atomic E-state index is 0.183. The van der Waals surface area contributed by atoms with Crippen molar-refractivity contribution in [1.29, 1.82) is 0 Å². The van der Waals surface area contributed by atoms with Gasteiger partial charge >= 0.3 is 12.4 Å². The molecular weight excluding hydrogens is 639 g/mol. The van der Waals surface area contributed by atoms with E-state index in [1.54, 1.807) is 36.4 Å². The highest BCUT2D eigenvalue weighted by Gasteiger charge is 2.34. The predicted molar refractivity (Wildman–Crippen MR) is 158 cm³/mol. The standard InChI is InChI=1S/C13H11F2P.2C9H6F3N3/c14-11-7-6-10(13(15)8-11)9-16-12-4-2-1-3-5-12;2*10-9(11,12)8-5-7(14-15-8)6-3-1-2-4-13-6/h1-8,16H,9H2;2*1-5H,(H,14,15). The maximum atomic E-state index is 13.3. The Labute approximate surface area is 258 Å². The number of nitrogens with one attached hydrogen (secondary N) is 2. The van der Waals surface area contributed by atoms with Crippen LogP contribution in [0, 0.1) is 11.6 Å². The molecule has 0 aliphatic carbocycles. The number of benzene rings is 2. The molecule has 2 aromatic carbocycles. The summed E-state index contributed by atoms with van der Waals surface area (Å²) in [4.78, 5) is 7.79. The van der Waals surface area contributed by atoms with Gasteiger partial charge in [0.05, 0.1) is 11.4 Å². The molecule has 1 atom stereocenters. The fourth-order valence-electron chi connectivity index (χ4n) is 3.64. The van der Waals surface area contributed by atoms with Crippen LogP contribution in [0.3, 0.4) is 0 Å². The number of pyridine rings is 2. The fourth-order valence-corrected chi connectivity index (χ4v) is 4.75. The molecule has 46 heavy (non-hydrogen) atoms. The number of halogens is 8. The van der Waals surface area contributed by atoms with Crippen molar-refractivity contribution in [3.05, 3.63) is 138 Å². The van der Waals surface area contributed by atoms with Gasteiger partial charge in [-0.25, -0.2) is 8.78 Å². The normalized spacial score (nSPS) is 11.5. The van der Waals surface area contributed by atoms with Crippen molar-refractivity contribution in [1.82, 2.24) is 30.4 Å². The van der Waals surface area contributed by atoms with E-state index in [1.807, 2.05) is 40.5 Å². The summed E-state index contributed by atoms with van der Waals surface area (Å²) in [5, 5.41) is 12.1.